The molecule has 1 fully saturated rings. The lowest BCUT2D eigenvalue weighted by Crippen LogP contribution is -2.35. The third-order valence-corrected chi connectivity index (χ3v) is 8.14. The summed E-state index contributed by atoms with van der Waals surface area (Å²) in [7, 11) is -3.06. The Kier molecular flexibility index (Phi) is 4.38. The first-order valence-electron chi connectivity index (χ1n) is 8.90. The molecule has 0 bridgehead atoms. The van der Waals surface area contributed by atoms with Crippen LogP contribution >= 0.6 is 11.3 Å². The third kappa shape index (κ3) is 3.07. The van der Waals surface area contributed by atoms with E-state index in [1.54, 1.807) is 11.5 Å². The van der Waals surface area contributed by atoms with Crippen LogP contribution in [0.4, 0.5) is 0 Å². The van der Waals surface area contributed by atoms with Gasteiger partial charge in [-0.25, -0.2) is 13.4 Å². The standard InChI is InChI=1S/C17H21N3O4S2/c1-10-13-16(19-12-5-3-2-4-7-20(12)17(13)22)25-14(10)15(21)18-11-6-8-26(23,24)9-11/h11H,2-9H2,1H3,(H,18,21)/t11-/m1/s1. The normalized spacial score (nSPS) is 22.1. The van der Waals surface area contributed by atoms with Crippen LogP contribution in [0.1, 0.15) is 46.7 Å². The summed E-state index contributed by atoms with van der Waals surface area (Å²) in [5.41, 5.74) is 0.573. The molecule has 0 aliphatic carbocycles. The SMILES string of the molecule is Cc1c(C(=O)N[C@@H]2CCS(=O)(=O)C2)sc2nc3n(c(=O)c12)CCCCC3. The number of hydrogen-bond donors (Lipinski definition) is 1. The summed E-state index contributed by atoms with van der Waals surface area (Å²) < 4.78 is 24.9. The molecule has 2 aliphatic heterocycles. The van der Waals surface area contributed by atoms with E-state index in [0.717, 1.165) is 31.5 Å². The van der Waals surface area contributed by atoms with Crippen molar-refractivity contribution >= 4 is 37.3 Å². The highest BCUT2D eigenvalue weighted by molar-refractivity contribution is 7.91. The number of carbonyl (C=O) groups excluding carboxylic acids is 1. The molecule has 0 saturated carbocycles. The van der Waals surface area contributed by atoms with Crippen LogP contribution in [0.25, 0.3) is 10.2 Å². The van der Waals surface area contributed by atoms with E-state index >= 15 is 0 Å². The molecule has 9 heteroatoms. The minimum absolute atomic E-state index is 0.0160. The fourth-order valence-corrected chi connectivity index (χ4v) is 6.55. The second-order valence-electron chi connectivity index (χ2n) is 7.11. The fraction of sp³-hybridized carbons (Fsp3) is 0.588. The van der Waals surface area contributed by atoms with Crippen LogP contribution in [0, 0.1) is 6.92 Å². The van der Waals surface area contributed by atoms with Gasteiger partial charge in [0.05, 0.1) is 21.8 Å². The molecular weight excluding hydrogens is 374 g/mol. The molecule has 4 rings (SSSR count). The summed E-state index contributed by atoms with van der Waals surface area (Å²) in [5, 5.41) is 3.33. The van der Waals surface area contributed by atoms with Crippen LogP contribution < -0.4 is 10.9 Å². The van der Waals surface area contributed by atoms with Crippen LogP contribution in [0.5, 0.6) is 0 Å². The third-order valence-electron chi connectivity index (χ3n) is 5.19. The number of carbonyl (C=O) groups is 1. The molecule has 2 aromatic heterocycles. The number of fused-ring (bicyclic) bond motifs is 2. The number of hydrogen-bond acceptors (Lipinski definition) is 6. The number of amides is 1. The minimum Gasteiger partial charge on any atom is -0.348 e. The maximum atomic E-state index is 12.9. The zero-order chi connectivity index (χ0) is 18.5. The van der Waals surface area contributed by atoms with E-state index in [1.165, 1.54) is 11.3 Å². The smallest absolute Gasteiger partial charge is 0.262 e. The molecule has 26 heavy (non-hydrogen) atoms. The van der Waals surface area contributed by atoms with Crippen molar-refractivity contribution in [2.24, 2.45) is 0 Å². The molecule has 2 aromatic rings. The van der Waals surface area contributed by atoms with Gasteiger partial charge in [-0.2, -0.15) is 0 Å². The van der Waals surface area contributed by atoms with Crippen LogP contribution in [0.2, 0.25) is 0 Å². The van der Waals surface area contributed by atoms with Gasteiger partial charge in [0.15, 0.2) is 9.84 Å². The van der Waals surface area contributed by atoms with Crippen LogP contribution in [0.3, 0.4) is 0 Å². The highest BCUT2D eigenvalue weighted by atomic mass is 32.2. The Morgan fingerprint density at radius 1 is 1.31 bits per heavy atom. The van der Waals surface area contributed by atoms with E-state index in [9.17, 15) is 18.0 Å². The maximum Gasteiger partial charge on any atom is 0.262 e. The highest BCUT2D eigenvalue weighted by Crippen LogP contribution is 2.28. The topological polar surface area (TPSA) is 98.1 Å². The molecule has 1 saturated heterocycles. The zero-order valence-electron chi connectivity index (χ0n) is 14.6. The van der Waals surface area contributed by atoms with Gasteiger partial charge in [0, 0.05) is 19.0 Å². The first-order chi connectivity index (χ1) is 12.4. The van der Waals surface area contributed by atoms with E-state index < -0.39 is 9.84 Å². The Balaban J connectivity index is 1.71. The van der Waals surface area contributed by atoms with Crippen LogP contribution in [0.15, 0.2) is 4.79 Å². The maximum absolute atomic E-state index is 12.9. The quantitative estimate of drug-likeness (QED) is 0.829. The molecule has 1 N–H and O–H groups in total. The Labute approximate surface area is 155 Å². The van der Waals surface area contributed by atoms with E-state index in [0.29, 0.717) is 33.6 Å². The van der Waals surface area contributed by atoms with Crippen molar-refractivity contribution in [2.45, 2.75) is 51.6 Å². The molecular formula is C17H21N3O4S2. The average Bonchev–Trinajstić information content (AvgIpc) is 2.97. The van der Waals surface area contributed by atoms with Gasteiger partial charge in [0.2, 0.25) is 0 Å². The molecule has 0 spiro atoms. The Morgan fingerprint density at radius 3 is 2.85 bits per heavy atom. The number of sulfone groups is 1. The van der Waals surface area contributed by atoms with Gasteiger partial charge in [-0.3, -0.25) is 14.2 Å². The molecule has 7 nitrogen and oxygen atoms in total. The number of aromatic nitrogens is 2. The number of nitrogens with one attached hydrogen (secondary N) is 1. The van der Waals surface area contributed by atoms with Crippen LogP contribution in [-0.4, -0.2) is 41.4 Å². The van der Waals surface area contributed by atoms with Crippen molar-refractivity contribution in [3.8, 4) is 0 Å². The van der Waals surface area contributed by atoms with Gasteiger partial charge in [-0.05, 0) is 31.7 Å². The van der Waals surface area contributed by atoms with E-state index in [-0.39, 0.29) is 29.0 Å². The van der Waals surface area contributed by atoms with Crippen molar-refractivity contribution in [3.05, 3.63) is 26.6 Å². The molecule has 140 valence electrons. The summed E-state index contributed by atoms with van der Waals surface area (Å²) in [6.45, 7) is 2.44. The Hall–Kier alpha value is -1.74. The van der Waals surface area contributed by atoms with Crippen LogP contribution in [-0.2, 0) is 22.8 Å². The monoisotopic (exact) mass is 395 g/mol. The lowest BCUT2D eigenvalue weighted by molar-refractivity contribution is 0.0945. The van der Waals surface area contributed by atoms with Crippen molar-refractivity contribution in [3.63, 3.8) is 0 Å². The van der Waals surface area contributed by atoms with Gasteiger partial charge in [0.25, 0.3) is 11.5 Å². The van der Waals surface area contributed by atoms with Crippen molar-refractivity contribution in [1.29, 1.82) is 0 Å². The predicted octanol–water partition coefficient (Wildman–Crippen LogP) is 1.41. The second-order valence-corrected chi connectivity index (χ2v) is 10.3. The molecule has 0 unspecified atom stereocenters. The van der Waals surface area contributed by atoms with Gasteiger partial charge >= 0.3 is 0 Å². The molecule has 4 heterocycles. The highest BCUT2D eigenvalue weighted by Gasteiger charge is 2.30. The predicted molar refractivity (Wildman–Crippen MR) is 101 cm³/mol. The molecule has 2 aliphatic rings. The number of thiophene rings is 1. The van der Waals surface area contributed by atoms with Gasteiger partial charge in [-0.1, -0.05) is 6.42 Å². The zero-order valence-corrected chi connectivity index (χ0v) is 16.2. The summed E-state index contributed by atoms with van der Waals surface area (Å²) in [6, 6.07) is -0.358. The molecule has 1 amide bonds. The average molecular weight is 396 g/mol. The van der Waals surface area contributed by atoms with E-state index in [2.05, 4.69) is 10.3 Å². The number of rotatable bonds is 2. The first-order valence-corrected chi connectivity index (χ1v) is 11.5. The Bertz CT molecular complexity index is 1050. The Morgan fingerprint density at radius 2 is 2.12 bits per heavy atom. The lowest BCUT2D eigenvalue weighted by atomic mass is 10.2. The summed E-state index contributed by atoms with van der Waals surface area (Å²) in [5.74, 6) is 0.582. The largest absolute Gasteiger partial charge is 0.348 e. The minimum atomic E-state index is -3.06. The van der Waals surface area contributed by atoms with E-state index in [1.807, 2.05) is 0 Å². The molecule has 0 radical (unpaired) electrons. The van der Waals surface area contributed by atoms with Gasteiger partial charge in [0.1, 0.15) is 10.7 Å². The number of aryl methyl sites for hydroxylation is 2. The fourth-order valence-electron chi connectivity index (χ4n) is 3.79. The first kappa shape index (κ1) is 17.7. The van der Waals surface area contributed by atoms with Gasteiger partial charge in [-0.15, -0.1) is 11.3 Å². The molecule has 1 atom stereocenters. The molecule has 0 aromatic carbocycles. The van der Waals surface area contributed by atoms with Gasteiger partial charge < -0.3 is 5.32 Å². The van der Waals surface area contributed by atoms with Crippen molar-refractivity contribution < 1.29 is 13.2 Å². The number of nitrogens with zero attached hydrogens (tertiary/aromatic N) is 2. The van der Waals surface area contributed by atoms with Crippen molar-refractivity contribution in [2.75, 3.05) is 11.5 Å². The summed E-state index contributed by atoms with van der Waals surface area (Å²) in [4.78, 5) is 31.3. The summed E-state index contributed by atoms with van der Waals surface area (Å²) in [6.07, 6.45) is 4.29. The van der Waals surface area contributed by atoms with E-state index in [4.69, 9.17) is 0 Å². The second kappa shape index (κ2) is 6.45. The summed E-state index contributed by atoms with van der Waals surface area (Å²) >= 11 is 1.22. The van der Waals surface area contributed by atoms with Crippen molar-refractivity contribution in [1.82, 2.24) is 14.9 Å². The lowest BCUT2D eigenvalue weighted by Gasteiger charge is -2.10.